The Morgan fingerprint density at radius 1 is 0.968 bits per heavy atom. The molecule has 3 aromatic carbocycles. The van der Waals surface area contributed by atoms with Crippen molar-refractivity contribution in [1.82, 2.24) is 5.43 Å². The normalized spacial score (nSPS) is 11.0. The molecule has 31 heavy (non-hydrogen) atoms. The number of carbonyl (C=O) groups excluding carboxylic acids is 1. The lowest BCUT2D eigenvalue weighted by atomic mass is 10.2. The first-order valence-electron chi connectivity index (χ1n) is 9.22. The third-order valence-corrected chi connectivity index (χ3v) is 4.26. The molecule has 3 aromatic rings. The van der Waals surface area contributed by atoms with Gasteiger partial charge < -0.3 is 9.84 Å². The van der Waals surface area contributed by atoms with Crippen LogP contribution in [0.2, 0.25) is 5.02 Å². The molecular weight excluding hydrogens is 416 g/mol. The fourth-order valence-electron chi connectivity index (χ4n) is 2.39. The summed E-state index contributed by atoms with van der Waals surface area (Å²) < 4.78 is 5.42. The highest BCUT2D eigenvalue weighted by Gasteiger charge is 2.03. The summed E-state index contributed by atoms with van der Waals surface area (Å²) in [5.74, 6) is 0.321. The molecule has 8 heteroatoms. The fourth-order valence-corrected chi connectivity index (χ4v) is 2.52. The SMILES string of the molecule is N=C(N=Cc1ccc(Cl)cc1)c1ccc(OCC(=O)N/N=C/c2ccc(O)cc2)cc1. The second-order valence-electron chi connectivity index (χ2n) is 6.36. The molecule has 0 aliphatic heterocycles. The summed E-state index contributed by atoms with van der Waals surface area (Å²) in [6.45, 7) is -0.210. The van der Waals surface area contributed by atoms with Gasteiger partial charge >= 0.3 is 0 Å². The monoisotopic (exact) mass is 434 g/mol. The Bertz CT molecular complexity index is 1090. The van der Waals surface area contributed by atoms with Crippen LogP contribution in [0.1, 0.15) is 16.7 Å². The number of nitrogens with zero attached hydrogens (tertiary/aromatic N) is 2. The summed E-state index contributed by atoms with van der Waals surface area (Å²) in [5.41, 5.74) is 4.55. The Morgan fingerprint density at radius 2 is 1.58 bits per heavy atom. The van der Waals surface area contributed by atoms with Gasteiger partial charge in [0.05, 0.1) is 6.21 Å². The average Bonchev–Trinajstić information content (AvgIpc) is 2.79. The van der Waals surface area contributed by atoms with Gasteiger partial charge in [-0.25, -0.2) is 10.4 Å². The Kier molecular flexibility index (Phi) is 7.50. The third kappa shape index (κ3) is 7.09. The van der Waals surface area contributed by atoms with E-state index in [2.05, 4.69) is 15.5 Å². The minimum atomic E-state index is -0.417. The van der Waals surface area contributed by atoms with Gasteiger partial charge in [-0.1, -0.05) is 23.7 Å². The summed E-state index contributed by atoms with van der Waals surface area (Å²) in [6.07, 6.45) is 3.05. The Balaban J connectivity index is 1.46. The predicted molar refractivity (Wildman–Crippen MR) is 122 cm³/mol. The average molecular weight is 435 g/mol. The van der Waals surface area contributed by atoms with Crippen molar-refractivity contribution in [3.8, 4) is 11.5 Å². The molecule has 0 aliphatic rings. The van der Waals surface area contributed by atoms with Crippen molar-refractivity contribution in [1.29, 1.82) is 5.41 Å². The second-order valence-corrected chi connectivity index (χ2v) is 6.79. The molecule has 0 unspecified atom stereocenters. The van der Waals surface area contributed by atoms with E-state index in [0.717, 1.165) is 11.1 Å². The number of hydrazone groups is 1. The molecule has 0 saturated carbocycles. The van der Waals surface area contributed by atoms with E-state index in [-0.39, 0.29) is 18.2 Å². The highest BCUT2D eigenvalue weighted by Crippen LogP contribution is 2.13. The summed E-state index contributed by atoms with van der Waals surface area (Å²) in [4.78, 5) is 16.0. The first-order chi connectivity index (χ1) is 15.0. The van der Waals surface area contributed by atoms with Gasteiger partial charge in [-0.3, -0.25) is 10.2 Å². The zero-order valence-electron chi connectivity index (χ0n) is 16.3. The molecule has 0 fully saturated rings. The smallest absolute Gasteiger partial charge is 0.277 e. The number of phenols is 1. The van der Waals surface area contributed by atoms with E-state index in [1.165, 1.54) is 18.3 Å². The molecule has 3 rings (SSSR count). The van der Waals surface area contributed by atoms with Crippen molar-refractivity contribution < 1.29 is 14.6 Å². The van der Waals surface area contributed by atoms with Gasteiger partial charge in [0.15, 0.2) is 12.4 Å². The zero-order valence-corrected chi connectivity index (χ0v) is 17.1. The third-order valence-electron chi connectivity index (χ3n) is 4.01. The number of amidine groups is 1. The number of hydrogen-bond donors (Lipinski definition) is 3. The van der Waals surface area contributed by atoms with Crippen LogP contribution in [-0.2, 0) is 4.79 Å². The fraction of sp³-hybridized carbons (Fsp3) is 0.0435. The highest BCUT2D eigenvalue weighted by atomic mass is 35.5. The van der Waals surface area contributed by atoms with E-state index < -0.39 is 5.91 Å². The lowest BCUT2D eigenvalue weighted by Crippen LogP contribution is -2.24. The minimum absolute atomic E-state index is 0.0998. The van der Waals surface area contributed by atoms with E-state index >= 15 is 0 Å². The van der Waals surface area contributed by atoms with Crippen LogP contribution in [-0.4, -0.2) is 35.9 Å². The van der Waals surface area contributed by atoms with E-state index in [1.54, 1.807) is 54.7 Å². The summed E-state index contributed by atoms with van der Waals surface area (Å²) >= 11 is 5.85. The van der Waals surface area contributed by atoms with Gasteiger partial charge in [0.1, 0.15) is 11.5 Å². The number of aliphatic imine (C=N–C) groups is 1. The largest absolute Gasteiger partial charge is 0.508 e. The molecule has 0 spiro atoms. The van der Waals surface area contributed by atoms with Crippen LogP contribution in [0.25, 0.3) is 0 Å². The van der Waals surface area contributed by atoms with Crippen molar-refractivity contribution in [2.75, 3.05) is 6.61 Å². The standard InChI is InChI=1S/C23H19ClN4O3/c24-19-7-1-16(2-8-19)13-26-23(25)18-5-11-21(12-6-18)31-15-22(30)28-27-14-17-3-9-20(29)10-4-17/h1-14,25,29H,15H2,(H,28,30)/b25-23?,26-13?,27-14+. The maximum Gasteiger partial charge on any atom is 0.277 e. The van der Waals surface area contributed by atoms with E-state index in [4.69, 9.17) is 21.7 Å². The van der Waals surface area contributed by atoms with Crippen LogP contribution in [0.15, 0.2) is 82.9 Å². The van der Waals surface area contributed by atoms with Gasteiger partial charge in [0.25, 0.3) is 5.91 Å². The highest BCUT2D eigenvalue weighted by molar-refractivity contribution is 6.30. The van der Waals surface area contributed by atoms with E-state index in [1.807, 2.05) is 12.1 Å². The van der Waals surface area contributed by atoms with Crippen molar-refractivity contribution in [3.63, 3.8) is 0 Å². The zero-order chi connectivity index (χ0) is 22.1. The molecule has 156 valence electrons. The van der Waals surface area contributed by atoms with Gasteiger partial charge in [0, 0.05) is 16.8 Å². The van der Waals surface area contributed by atoms with Crippen molar-refractivity contribution in [2.24, 2.45) is 10.1 Å². The molecule has 0 bridgehead atoms. The molecule has 0 aliphatic carbocycles. The topological polar surface area (TPSA) is 107 Å². The number of halogens is 1. The van der Waals surface area contributed by atoms with Crippen molar-refractivity contribution in [3.05, 3.63) is 94.5 Å². The summed E-state index contributed by atoms with van der Waals surface area (Å²) in [5, 5.41) is 21.8. The number of amides is 1. The predicted octanol–water partition coefficient (Wildman–Crippen LogP) is 4.02. The summed E-state index contributed by atoms with van der Waals surface area (Å²) in [6, 6.07) is 20.2. The number of rotatable bonds is 7. The van der Waals surface area contributed by atoms with Gasteiger partial charge in [-0.15, -0.1) is 0 Å². The van der Waals surface area contributed by atoms with Gasteiger partial charge in [-0.2, -0.15) is 5.10 Å². The maximum atomic E-state index is 11.8. The lowest BCUT2D eigenvalue weighted by molar-refractivity contribution is -0.123. The minimum Gasteiger partial charge on any atom is -0.508 e. The van der Waals surface area contributed by atoms with Gasteiger partial charge in [0.2, 0.25) is 0 Å². The Hall–Kier alpha value is -3.97. The molecule has 0 aromatic heterocycles. The van der Waals surface area contributed by atoms with E-state index in [9.17, 15) is 9.90 Å². The van der Waals surface area contributed by atoms with Crippen LogP contribution in [0, 0.1) is 5.41 Å². The van der Waals surface area contributed by atoms with Crippen molar-refractivity contribution >= 4 is 35.8 Å². The number of benzene rings is 3. The van der Waals surface area contributed by atoms with Crippen LogP contribution in [0.4, 0.5) is 0 Å². The van der Waals surface area contributed by atoms with E-state index in [0.29, 0.717) is 16.3 Å². The quantitative estimate of drug-likeness (QED) is 0.297. The number of phenolic OH excluding ortho intramolecular Hbond substituents is 1. The molecule has 0 radical (unpaired) electrons. The Morgan fingerprint density at radius 3 is 2.26 bits per heavy atom. The maximum absolute atomic E-state index is 11.8. The number of hydrogen-bond acceptors (Lipinski definition) is 5. The molecule has 0 saturated heterocycles. The molecule has 0 heterocycles. The summed E-state index contributed by atoms with van der Waals surface area (Å²) in [7, 11) is 0. The lowest BCUT2D eigenvalue weighted by Gasteiger charge is -2.06. The molecule has 3 N–H and O–H groups in total. The Labute approximate surface area is 184 Å². The van der Waals surface area contributed by atoms with Gasteiger partial charge in [-0.05, 0) is 71.8 Å². The number of carbonyl (C=O) groups is 1. The molecule has 7 nitrogen and oxygen atoms in total. The second kappa shape index (κ2) is 10.7. The molecule has 1 amide bonds. The first kappa shape index (κ1) is 21.7. The van der Waals surface area contributed by atoms with Crippen LogP contribution < -0.4 is 10.2 Å². The van der Waals surface area contributed by atoms with Crippen LogP contribution >= 0.6 is 11.6 Å². The molecular formula is C23H19ClN4O3. The van der Waals surface area contributed by atoms with Crippen LogP contribution in [0.5, 0.6) is 11.5 Å². The first-order valence-corrected chi connectivity index (χ1v) is 9.60. The number of nitrogens with one attached hydrogen (secondary N) is 2. The number of aromatic hydroxyl groups is 1. The van der Waals surface area contributed by atoms with Crippen LogP contribution in [0.3, 0.4) is 0 Å². The number of ether oxygens (including phenoxy) is 1. The molecule has 0 atom stereocenters. The van der Waals surface area contributed by atoms with Crippen molar-refractivity contribution in [2.45, 2.75) is 0 Å².